The molecular weight excluding hydrogens is 573 g/mol. The first-order valence-electron chi connectivity index (χ1n) is 10.9. The van der Waals surface area contributed by atoms with Crippen LogP contribution in [0.2, 0.25) is 30.1 Å². The molecule has 0 atom stereocenters. The molecule has 36 heavy (non-hydrogen) atoms. The largest absolute Gasteiger partial charge is 0.0843 e. The Morgan fingerprint density at radius 2 is 0.833 bits per heavy atom. The molecule has 5 rings (SSSR count). The summed E-state index contributed by atoms with van der Waals surface area (Å²) in [7, 11) is 0. The lowest BCUT2D eigenvalue weighted by molar-refractivity contribution is 1.54. The number of hydrogen-bond donors (Lipinski definition) is 0. The summed E-state index contributed by atoms with van der Waals surface area (Å²) in [5.41, 5.74) is 6.49. The van der Waals surface area contributed by atoms with Crippen LogP contribution in [0.25, 0.3) is 44.5 Å². The Morgan fingerprint density at radius 1 is 0.333 bits per heavy atom. The summed E-state index contributed by atoms with van der Waals surface area (Å²) < 4.78 is 0. The lowest BCUT2D eigenvalue weighted by Crippen LogP contribution is -1.97. The number of halogens is 6. The molecule has 5 aromatic carbocycles. The van der Waals surface area contributed by atoms with Crippen LogP contribution in [-0.4, -0.2) is 0 Å². The number of hydrogen-bond acceptors (Lipinski definition) is 0. The minimum absolute atomic E-state index is 0.423. The molecule has 0 heterocycles. The van der Waals surface area contributed by atoms with Crippen LogP contribution in [0.15, 0.2) is 97.1 Å². The lowest BCUT2D eigenvalue weighted by Gasteiger charge is -2.23. The standard InChI is InChI=1S/C30H16Cl6/c31-21-12-9-18(10-13-21)26-27(19-7-4-8-22(32)15-19)29(35)25(17-5-2-1-3-6-17)28(30(26)36)20-11-14-23(33)24(34)16-20/h1-16H. The van der Waals surface area contributed by atoms with Gasteiger partial charge in [0.1, 0.15) is 0 Å². The summed E-state index contributed by atoms with van der Waals surface area (Å²) >= 11 is 39.9. The first-order valence-corrected chi connectivity index (χ1v) is 13.2. The molecule has 0 aliphatic carbocycles. The molecule has 0 radical (unpaired) electrons. The van der Waals surface area contributed by atoms with Gasteiger partial charge in [0.2, 0.25) is 0 Å². The molecule has 5 aromatic rings. The van der Waals surface area contributed by atoms with Crippen LogP contribution in [0.3, 0.4) is 0 Å². The van der Waals surface area contributed by atoms with Crippen molar-refractivity contribution in [2.24, 2.45) is 0 Å². The maximum Gasteiger partial charge on any atom is 0.0598 e. The quantitative estimate of drug-likeness (QED) is 0.196. The van der Waals surface area contributed by atoms with Gasteiger partial charge >= 0.3 is 0 Å². The van der Waals surface area contributed by atoms with E-state index in [0.717, 1.165) is 44.5 Å². The normalized spacial score (nSPS) is 11.1. The predicted molar refractivity (Wildman–Crippen MR) is 158 cm³/mol. The zero-order valence-corrected chi connectivity index (χ0v) is 23.0. The highest BCUT2D eigenvalue weighted by atomic mass is 35.5. The Balaban J connectivity index is 1.97. The Kier molecular flexibility index (Phi) is 7.56. The molecule has 0 aromatic heterocycles. The summed E-state index contributed by atoms with van der Waals surface area (Å²) in [6, 6.07) is 30.4. The van der Waals surface area contributed by atoms with Crippen molar-refractivity contribution in [2.45, 2.75) is 0 Å². The molecule has 0 nitrogen and oxygen atoms in total. The van der Waals surface area contributed by atoms with Crippen molar-refractivity contribution in [1.29, 1.82) is 0 Å². The van der Waals surface area contributed by atoms with Gasteiger partial charge < -0.3 is 0 Å². The molecular formula is C30H16Cl6. The maximum atomic E-state index is 7.33. The van der Waals surface area contributed by atoms with Gasteiger partial charge in [-0.25, -0.2) is 0 Å². The molecule has 0 saturated carbocycles. The van der Waals surface area contributed by atoms with Crippen molar-refractivity contribution in [1.82, 2.24) is 0 Å². The first kappa shape index (κ1) is 25.5. The van der Waals surface area contributed by atoms with Gasteiger partial charge in [-0.05, 0) is 58.7 Å². The van der Waals surface area contributed by atoms with Gasteiger partial charge in [0.05, 0.1) is 20.1 Å². The Morgan fingerprint density at radius 3 is 1.42 bits per heavy atom. The molecule has 0 bridgehead atoms. The van der Waals surface area contributed by atoms with Crippen LogP contribution < -0.4 is 0 Å². The predicted octanol–water partition coefficient (Wildman–Crippen LogP) is 12.3. The first-order chi connectivity index (χ1) is 17.3. The fourth-order valence-corrected chi connectivity index (χ4v) is 5.72. The minimum atomic E-state index is 0.423. The van der Waals surface area contributed by atoms with Crippen molar-refractivity contribution < 1.29 is 0 Å². The highest BCUT2D eigenvalue weighted by Crippen LogP contribution is 2.53. The molecule has 0 unspecified atom stereocenters. The molecule has 0 fully saturated rings. The van der Waals surface area contributed by atoms with E-state index in [9.17, 15) is 0 Å². The third kappa shape index (κ3) is 4.87. The number of rotatable bonds is 4. The third-order valence-electron chi connectivity index (χ3n) is 5.89. The SMILES string of the molecule is Clc1ccc(-c2c(Cl)c(-c3ccc(Cl)c(Cl)c3)c(-c3ccccc3)c(Cl)c2-c2cccc(Cl)c2)cc1. The summed E-state index contributed by atoms with van der Waals surface area (Å²) in [6.45, 7) is 0. The molecule has 0 amide bonds. The zero-order chi connectivity index (χ0) is 25.4. The van der Waals surface area contributed by atoms with Crippen LogP contribution in [0.4, 0.5) is 0 Å². The highest BCUT2D eigenvalue weighted by molar-refractivity contribution is 6.44. The summed E-state index contributed by atoms with van der Waals surface area (Å²) in [5.74, 6) is 0. The minimum Gasteiger partial charge on any atom is -0.0843 e. The second-order valence-electron chi connectivity index (χ2n) is 8.14. The zero-order valence-electron chi connectivity index (χ0n) is 18.5. The lowest BCUT2D eigenvalue weighted by atomic mass is 9.85. The molecule has 178 valence electrons. The van der Waals surface area contributed by atoms with Crippen molar-refractivity contribution in [3.63, 3.8) is 0 Å². The van der Waals surface area contributed by atoms with Gasteiger partial charge in [0.25, 0.3) is 0 Å². The van der Waals surface area contributed by atoms with E-state index in [1.54, 1.807) is 12.1 Å². The van der Waals surface area contributed by atoms with Gasteiger partial charge in [-0.2, -0.15) is 0 Å². The van der Waals surface area contributed by atoms with Gasteiger partial charge in [-0.3, -0.25) is 0 Å². The van der Waals surface area contributed by atoms with E-state index in [1.807, 2.05) is 84.9 Å². The van der Waals surface area contributed by atoms with Crippen molar-refractivity contribution in [2.75, 3.05) is 0 Å². The van der Waals surface area contributed by atoms with E-state index in [2.05, 4.69) is 0 Å². The van der Waals surface area contributed by atoms with Crippen molar-refractivity contribution >= 4 is 69.6 Å². The van der Waals surface area contributed by atoms with E-state index in [0.29, 0.717) is 30.1 Å². The molecule has 6 heteroatoms. The van der Waals surface area contributed by atoms with E-state index in [1.165, 1.54) is 0 Å². The van der Waals surface area contributed by atoms with E-state index in [-0.39, 0.29) is 0 Å². The fourth-order valence-electron chi connectivity index (χ4n) is 4.29. The van der Waals surface area contributed by atoms with E-state index in [4.69, 9.17) is 69.6 Å². The summed E-state index contributed by atoms with van der Waals surface area (Å²) in [5, 5.41) is 3.16. The second kappa shape index (κ2) is 10.7. The van der Waals surface area contributed by atoms with Crippen molar-refractivity contribution in [3.05, 3.63) is 127 Å². The Hall–Kier alpha value is -2.16. The van der Waals surface area contributed by atoms with E-state index >= 15 is 0 Å². The fraction of sp³-hybridized carbons (Fsp3) is 0. The topological polar surface area (TPSA) is 0 Å². The Labute approximate surface area is 239 Å². The van der Waals surface area contributed by atoms with Gasteiger partial charge in [-0.1, -0.05) is 130 Å². The van der Waals surface area contributed by atoms with Crippen LogP contribution >= 0.6 is 69.6 Å². The van der Waals surface area contributed by atoms with E-state index < -0.39 is 0 Å². The van der Waals surface area contributed by atoms with Gasteiger partial charge in [0, 0.05) is 32.3 Å². The van der Waals surface area contributed by atoms with Crippen LogP contribution in [-0.2, 0) is 0 Å². The monoisotopic (exact) mass is 586 g/mol. The Bertz CT molecular complexity index is 1570. The molecule has 0 aliphatic heterocycles. The molecule has 0 N–H and O–H groups in total. The third-order valence-corrected chi connectivity index (χ3v) is 7.88. The van der Waals surface area contributed by atoms with Crippen LogP contribution in [0.1, 0.15) is 0 Å². The maximum absolute atomic E-state index is 7.33. The van der Waals surface area contributed by atoms with Gasteiger partial charge in [0.15, 0.2) is 0 Å². The van der Waals surface area contributed by atoms with Crippen LogP contribution in [0, 0.1) is 0 Å². The van der Waals surface area contributed by atoms with Crippen LogP contribution in [0.5, 0.6) is 0 Å². The van der Waals surface area contributed by atoms with Gasteiger partial charge in [-0.15, -0.1) is 0 Å². The molecule has 0 spiro atoms. The second-order valence-corrected chi connectivity index (χ2v) is 10.6. The van der Waals surface area contributed by atoms with Crippen molar-refractivity contribution in [3.8, 4) is 44.5 Å². The highest BCUT2D eigenvalue weighted by Gasteiger charge is 2.26. The number of benzene rings is 5. The molecule has 0 saturated heterocycles. The molecule has 0 aliphatic rings. The summed E-state index contributed by atoms with van der Waals surface area (Å²) in [4.78, 5) is 0. The average molecular weight is 589 g/mol. The smallest absolute Gasteiger partial charge is 0.0598 e. The summed E-state index contributed by atoms with van der Waals surface area (Å²) in [6.07, 6.45) is 0. The average Bonchev–Trinajstić information content (AvgIpc) is 2.87.